The Balaban J connectivity index is 1.21. The number of benzene rings is 7. The van der Waals surface area contributed by atoms with Crippen LogP contribution >= 0.6 is 11.3 Å². The number of aromatic nitrogens is 2. The van der Waals surface area contributed by atoms with Gasteiger partial charge in [-0.1, -0.05) is 121 Å². The van der Waals surface area contributed by atoms with E-state index < -0.39 is 95.4 Å². The van der Waals surface area contributed by atoms with Gasteiger partial charge in [-0.25, -0.2) is 9.97 Å². The molecule has 0 atom stereocenters. The molecule has 10 rings (SSSR count). The second-order valence-electron chi connectivity index (χ2n) is 11.6. The van der Waals surface area contributed by atoms with E-state index in [2.05, 4.69) is 6.07 Å². The summed E-state index contributed by atoms with van der Waals surface area (Å²) in [6.45, 7) is 0. The number of thiophene rings is 1. The highest BCUT2D eigenvalue weighted by molar-refractivity contribution is 7.26. The average Bonchev–Trinajstić information content (AvgIpc) is 3.88. The summed E-state index contributed by atoms with van der Waals surface area (Å²) in [6, 6.07) is 20.9. The predicted molar refractivity (Wildman–Crippen MR) is 213 cm³/mol. The van der Waals surface area contributed by atoms with Gasteiger partial charge in [-0.2, -0.15) is 0 Å². The Labute approximate surface area is 316 Å². The van der Waals surface area contributed by atoms with E-state index in [1.54, 1.807) is 35.6 Å². The number of hydrogen-bond donors (Lipinski definition) is 0. The molecule has 0 aliphatic heterocycles. The quantitative estimate of drug-likeness (QED) is 0.175. The second-order valence-corrected chi connectivity index (χ2v) is 12.7. The van der Waals surface area contributed by atoms with E-state index in [1.807, 2.05) is 60.7 Å². The van der Waals surface area contributed by atoms with Crippen molar-refractivity contribution in [3.63, 3.8) is 0 Å². The van der Waals surface area contributed by atoms with Crippen molar-refractivity contribution >= 4 is 70.6 Å². The molecule has 5 heteroatoms. The highest BCUT2D eigenvalue weighted by Gasteiger charge is 2.21. The molecule has 0 spiro atoms. The SMILES string of the molecule is [2H]c1cc(N(c2ccc3c(c2)oc2cccc(-c4nc(-c5ccccc5)c5sc6ccccc6c5n4)c23)c2c([2H])c([2H])c(-c3c([2H])c([2H])c([2H])c([2H])c3[2H])c([2H])c2[2H])c([2H])c([2H])c1[2H]. The van der Waals surface area contributed by atoms with Crippen LogP contribution in [0.2, 0.25) is 0 Å². The fraction of sp³-hybridized carbons (Fsp3) is 0. The van der Waals surface area contributed by atoms with Crippen LogP contribution in [0.4, 0.5) is 17.1 Å². The Morgan fingerprint density at radius 1 is 0.549 bits per heavy atom. The van der Waals surface area contributed by atoms with Gasteiger partial charge in [0.1, 0.15) is 11.2 Å². The van der Waals surface area contributed by atoms with E-state index in [-0.39, 0.29) is 11.4 Å². The Bertz CT molecular complexity index is 3570. The lowest BCUT2D eigenvalue weighted by Gasteiger charge is -2.25. The standard InChI is InChI=1S/C46H29N3OS/c1-4-13-30(14-5-1)31-23-25-34(26-24-31)49(33-17-8-3-9-18-33)35-27-28-36-40(29-35)50-39-21-12-20-38(42(36)39)46-47-43(32-15-6-2-7-16-32)45-44(48-46)37-19-10-11-22-41(37)51-45/h1-29H/i1D,3D,4D,5D,8D,9D,13D,14D,17D,23D,24D,25D,26D. The lowest BCUT2D eigenvalue weighted by molar-refractivity contribution is 0.669. The summed E-state index contributed by atoms with van der Waals surface area (Å²) >= 11 is 1.62. The molecule has 0 fully saturated rings. The number of fused-ring (bicyclic) bond motifs is 6. The first kappa shape index (κ1) is 19.0. The summed E-state index contributed by atoms with van der Waals surface area (Å²) in [5.74, 6) is 0.456. The minimum atomic E-state index is -0.736. The van der Waals surface area contributed by atoms with E-state index in [9.17, 15) is 2.74 Å². The van der Waals surface area contributed by atoms with Gasteiger partial charge in [0, 0.05) is 55.1 Å². The molecule has 0 N–H and O–H groups in total. The minimum Gasteiger partial charge on any atom is -0.456 e. The fourth-order valence-electron chi connectivity index (χ4n) is 6.34. The van der Waals surface area contributed by atoms with Gasteiger partial charge in [0.15, 0.2) is 5.82 Å². The molecule has 0 saturated carbocycles. The fourth-order valence-corrected chi connectivity index (χ4v) is 7.50. The molecule has 4 nitrogen and oxygen atoms in total. The van der Waals surface area contributed by atoms with E-state index in [1.165, 1.54) is 4.90 Å². The molecule has 3 aromatic heterocycles. The first-order valence-electron chi connectivity index (χ1n) is 22.4. The molecular weight excluding hydrogens is 643 g/mol. The molecule has 0 radical (unpaired) electrons. The van der Waals surface area contributed by atoms with Crippen LogP contribution in [0.1, 0.15) is 17.8 Å². The van der Waals surface area contributed by atoms with Crippen LogP contribution in [0.25, 0.3) is 76.0 Å². The summed E-state index contributed by atoms with van der Waals surface area (Å²) in [6.07, 6.45) is 0. The normalized spacial score (nSPS) is 15.1. The highest BCUT2D eigenvalue weighted by atomic mass is 32.1. The van der Waals surface area contributed by atoms with Gasteiger partial charge in [-0.05, 0) is 59.6 Å². The largest absolute Gasteiger partial charge is 0.456 e. The summed E-state index contributed by atoms with van der Waals surface area (Å²) < 4.78 is 121. The van der Waals surface area contributed by atoms with Crippen molar-refractivity contribution in [2.45, 2.75) is 0 Å². The highest BCUT2D eigenvalue weighted by Crippen LogP contribution is 2.43. The maximum atomic E-state index is 9.30. The number of furan rings is 1. The van der Waals surface area contributed by atoms with Crippen molar-refractivity contribution < 1.29 is 22.2 Å². The van der Waals surface area contributed by atoms with E-state index in [0.29, 0.717) is 33.3 Å². The number of para-hydroxylation sites is 1. The molecule has 3 heterocycles. The number of hydrogen-bond acceptors (Lipinski definition) is 5. The van der Waals surface area contributed by atoms with Crippen LogP contribution in [0, 0.1) is 0 Å². The van der Waals surface area contributed by atoms with E-state index >= 15 is 0 Å². The van der Waals surface area contributed by atoms with Gasteiger partial charge < -0.3 is 9.32 Å². The third-order valence-electron chi connectivity index (χ3n) is 8.61. The lowest BCUT2D eigenvalue weighted by atomic mass is 10.0. The number of rotatable bonds is 6. The number of anilines is 3. The predicted octanol–water partition coefficient (Wildman–Crippen LogP) is 13.2. The molecule has 7 aromatic carbocycles. The molecule has 0 saturated heterocycles. The third kappa shape index (κ3) is 5.06. The molecular formula is C46H29N3OS. The summed E-state index contributed by atoms with van der Waals surface area (Å²) in [5.41, 5.74) is 2.41. The van der Waals surface area contributed by atoms with Crippen molar-refractivity contribution in [3.8, 4) is 33.8 Å². The first-order valence-corrected chi connectivity index (χ1v) is 16.7. The van der Waals surface area contributed by atoms with Crippen molar-refractivity contribution in [2.75, 3.05) is 4.90 Å². The van der Waals surface area contributed by atoms with Gasteiger partial charge in [0.25, 0.3) is 0 Å². The summed E-state index contributed by atoms with van der Waals surface area (Å²) in [7, 11) is 0. The molecule has 0 unspecified atom stereocenters. The Morgan fingerprint density at radius 3 is 2.22 bits per heavy atom. The Hall–Kier alpha value is -6.56. The van der Waals surface area contributed by atoms with Crippen LogP contribution in [-0.2, 0) is 0 Å². The van der Waals surface area contributed by atoms with Gasteiger partial charge in [-0.3, -0.25) is 0 Å². The van der Waals surface area contributed by atoms with Gasteiger partial charge in [0.2, 0.25) is 0 Å². The van der Waals surface area contributed by atoms with Crippen molar-refractivity contribution in [1.29, 1.82) is 0 Å². The zero-order valence-electron chi connectivity index (χ0n) is 39.4. The molecule has 51 heavy (non-hydrogen) atoms. The number of nitrogens with zero attached hydrogens (tertiary/aromatic N) is 3. The molecule has 0 bridgehead atoms. The van der Waals surface area contributed by atoms with Gasteiger partial charge in [-0.15, -0.1) is 11.3 Å². The Morgan fingerprint density at radius 2 is 1.33 bits per heavy atom. The summed E-state index contributed by atoms with van der Waals surface area (Å²) in [4.78, 5) is 11.5. The zero-order valence-corrected chi connectivity index (χ0v) is 27.2. The topological polar surface area (TPSA) is 42.2 Å². The van der Waals surface area contributed by atoms with Crippen LogP contribution in [-0.4, -0.2) is 9.97 Å². The van der Waals surface area contributed by atoms with Gasteiger partial charge in [0.05, 0.1) is 33.7 Å². The van der Waals surface area contributed by atoms with Crippen molar-refractivity contribution in [3.05, 3.63) is 176 Å². The molecule has 0 aliphatic carbocycles. The van der Waals surface area contributed by atoms with Gasteiger partial charge >= 0.3 is 0 Å². The van der Waals surface area contributed by atoms with E-state index in [0.717, 1.165) is 37.6 Å². The van der Waals surface area contributed by atoms with Crippen LogP contribution in [0.15, 0.2) is 180 Å². The zero-order chi connectivity index (χ0) is 45.0. The average molecular weight is 685 g/mol. The van der Waals surface area contributed by atoms with Crippen molar-refractivity contribution in [2.24, 2.45) is 0 Å². The molecule has 240 valence electrons. The lowest BCUT2D eigenvalue weighted by Crippen LogP contribution is -2.09. The minimum absolute atomic E-state index is 0.142. The summed E-state index contributed by atoms with van der Waals surface area (Å²) in [5, 5.41) is 2.30. The van der Waals surface area contributed by atoms with Crippen molar-refractivity contribution in [1.82, 2.24) is 9.97 Å². The monoisotopic (exact) mass is 684 g/mol. The Kier molecular flexibility index (Phi) is 4.50. The molecule has 0 amide bonds. The van der Waals surface area contributed by atoms with E-state index in [4.69, 9.17) is 29.5 Å². The van der Waals surface area contributed by atoms with Crippen LogP contribution in [0.3, 0.4) is 0 Å². The molecule has 10 aromatic rings. The smallest absolute Gasteiger partial charge is 0.161 e. The maximum absolute atomic E-state index is 9.30. The first-order chi connectivity index (χ1) is 30.7. The molecule has 0 aliphatic rings. The second kappa shape index (κ2) is 12.1. The van der Waals surface area contributed by atoms with Crippen LogP contribution in [0.5, 0.6) is 0 Å². The maximum Gasteiger partial charge on any atom is 0.161 e. The third-order valence-corrected chi connectivity index (χ3v) is 9.77. The van der Waals surface area contributed by atoms with Crippen LogP contribution < -0.4 is 4.90 Å².